The summed E-state index contributed by atoms with van der Waals surface area (Å²) in [5, 5.41) is 10.8. The molecule has 0 aromatic heterocycles. The Morgan fingerprint density at radius 1 is 1.29 bits per heavy atom. The van der Waals surface area contributed by atoms with Crippen LogP contribution in [0.1, 0.15) is 24.8 Å². The predicted octanol–water partition coefficient (Wildman–Crippen LogP) is 2.40. The molecule has 6 heteroatoms. The van der Waals surface area contributed by atoms with Gasteiger partial charge in [0.15, 0.2) is 0 Å². The summed E-state index contributed by atoms with van der Waals surface area (Å²) >= 11 is 0. The lowest BCUT2D eigenvalue weighted by molar-refractivity contribution is -0.387. The quantitative estimate of drug-likeness (QED) is 0.632. The minimum absolute atomic E-state index is 0.422. The molecule has 0 spiro atoms. The fraction of sp³-hybridized carbons (Fsp3) is 0.600. The van der Waals surface area contributed by atoms with Gasteiger partial charge in [-0.2, -0.15) is 4.39 Å². The largest absolute Gasteiger partial charge is 0.305 e. The second kappa shape index (κ2) is 6.07. The lowest BCUT2D eigenvalue weighted by Crippen LogP contribution is -2.35. The van der Waals surface area contributed by atoms with E-state index in [1.165, 1.54) is 32.0 Å². The molecule has 1 aromatic rings. The first-order valence-corrected chi connectivity index (χ1v) is 7.53. The molecule has 1 unspecified atom stereocenters. The van der Waals surface area contributed by atoms with Gasteiger partial charge < -0.3 is 0 Å². The van der Waals surface area contributed by atoms with Crippen molar-refractivity contribution in [1.29, 1.82) is 0 Å². The van der Waals surface area contributed by atoms with Crippen LogP contribution in [0, 0.1) is 15.9 Å². The van der Waals surface area contributed by atoms with Crippen LogP contribution in [0.15, 0.2) is 18.2 Å². The fourth-order valence-electron chi connectivity index (χ4n) is 3.43. The van der Waals surface area contributed by atoms with E-state index in [2.05, 4.69) is 9.80 Å². The van der Waals surface area contributed by atoms with Crippen molar-refractivity contribution < 1.29 is 9.31 Å². The standard InChI is InChI=1S/C15H20FN3O2/c16-15-12(4-3-5-14(15)19(20)21)10-17-9-6-13(11-17)18-7-1-2-8-18/h3-5,13H,1-2,6-11H2. The molecule has 2 heterocycles. The number of benzene rings is 1. The van der Waals surface area contributed by atoms with Gasteiger partial charge in [0.25, 0.3) is 0 Å². The average Bonchev–Trinajstić information content (AvgIpc) is 3.11. The molecule has 114 valence electrons. The molecule has 2 saturated heterocycles. The van der Waals surface area contributed by atoms with Crippen LogP contribution in [-0.4, -0.2) is 46.9 Å². The Morgan fingerprint density at radius 3 is 2.76 bits per heavy atom. The van der Waals surface area contributed by atoms with Crippen LogP contribution in [0.4, 0.5) is 10.1 Å². The SMILES string of the molecule is O=[N+]([O-])c1cccc(CN2CCC(N3CCCC3)C2)c1F. The summed E-state index contributed by atoms with van der Waals surface area (Å²) in [7, 11) is 0. The van der Waals surface area contributed by atoms with Crippen LogP contribution in [0.25, 0.3) is 0 Å². The normalized spacial score (nSPS) is 23.8. The first kappa shape index (κ1) is 14.4. The van der Waals surface area contributed by atoms with Gasteiger partial charge in [-0.3, -0.25) is 19.9 Å². The number of hydrogen-bond acceptors (Lipinski definition) is 4. The van der Waals surface area contributed by atoms with Crippen molar-refractivity contribution in [2.24, 2.45) is 0 Å². The third-order valence-electron chi connectivity index (χ3n) is 4.55. The zero-order chi connectivity index (χ0) is 14.8. The lowest BCUT2D eigenvalue weighted by Gasteiger charge is -2.23. The molecule has 0 aliphatic carbocycles. The Kier molecular flexibility index (Phi) is 4.17. The van der Waals surface area contributed by atoms with Gasteiger partial charge in [-0.1, -0.05) is 12.1 Å². The van der Waals surface area contributed by atoms with Gasteiger partial charge in [0.2, 0.25) is 5.82 Å². The summed E-state index contributed by atoms with van der Waals surface area (Å²) in [5.41, 5.74) is -0.00550. The van der Waals surface area contributed by atoms with E-state index in [0.29, 0.717) is 18.2 Å². The number of nitro benzene ring substituents is 1. The van der Waals surface area contributed by atoms with Gasteiger partial charge in [0, 0.05) is 37.3 Å². The monoisotopic (exact) mass is 293 g/mol. The molecular weight excluding hydrogens is 273 g/mol. The number of nitrogens with zero attached hydrogens (tertiary/aromatic N) is 3. The van der Waals surface area contributed by atoms with Crippen molar-refractivity contribution in [3.05, 3.63) is 39.7 Å². The molecule has 0 amide bonds. The Morgan fingerprint density at radius 2 is 2.05 bits per heavy atom. The predicted molar refractivity (Wildman–Crippen MR) is 77.5 cm³/mol. The first-order valence-electron chi connectivity index (χ1n) is 7.53. The number of hydrogen-bond donors (Lipinski definition) is 0. The molecule has 0 bridgehead atoms. The number of nitro groups is 1. The second-order valence-corrected chi connectivity index (χ2v) is 5.93. The smallest absolute Gasteiger partial charge is 0.299 e. The van der Waals surface area contributed by atoms with Gasteiger partial charge in [0.05, 0.1) is 4.92 Å². The molecule has 21 heavy (non-hydrogen) atoms. The number of halogens is 1. The highest BCUT2D eigenvalue weighted by molar-refractivity contribution is 5.36. The average molecular weight is 293 g/mol. The third kappa shape index (κ3) is 3.06. The Balaban J connectivity index is 1.65. The number of rotatable bonds is 4. The summed E-state index contributed by atoms with van der Waals surface area (Å²) in [5.74, 6) is -0.688. The molecular formula is C15H20FN3O2. The summed E-state index contributed by atoms with van der Waals surface area (Å²) in [4.78, 5) is 14.8. The Hall–Kier alpha value is -1.53. The van der Waals surface area contributed by atoms with E-state index in [0.717, 1.165) is 19.5 Å². The zero-order valence-electron chi connectivity index (χ0n) is 12.0. The summed E-state index contributed by atoms with van der Waals surface area (Å²) in [6.45, 7) is 4.66. The number of likely N-dealkylation sites (tertiary alicyclic amines) is 2. The summed E-state index contributed by atoms with van der Waals surface area (Å²) in [6.07, 6.45) is 3.66. The van der Waals surface area contributed by atoms with E-state index in [-0.39, 0.29) is 0 Å². The molecule has 0 radical (unpaired) electrons. The van der Waals surface area contributed by atoms with Crippen LogP contribution in [0.5, 0.6) is 0 Å². The molecule has 0 saturated carbocycles. The lowest BCUT2D eigenvalue weighted by atomic mass is 10.1. The maximum atomic E-state index is 14.1. The van der Waals surface area contributed by atoms with Crippen LogP contribution in [0.2, 0.25) is 0 Å². The van der Waals surface area contributed by atoms with Crippen molar-refractivity contribution in [3.8, 4) is 0 Å². The van der Waals surface area contributed by atoms with E-state index in [1.807, 2.05) is 0 Å². The van der Waals surface area contributed by atoms with Gasteiger partial charge in [0.1, 0.15) is 0 Å². The van der Waals surface area contributed by atoms with E-state index in [9.17, 15) is 14.5 Å². The van der Waals surface area contributed by atoms with Crippen molar-refractivity contribution >= 4 is 5.69 Å². The van der Waals surface area contributed by atoms with Crippen molar-refractivity contribution in [2.75, 3.05) is 26.2 Å². The Labute approximate surface area is 123 Å². The van der Waals surface area contributed by atoms with Gasteiger partial charge in [-0.05, 0) is 32.4 Å². The third-order valence-corrected chi connectivity index (χ3v) is 4.55. The maximum absolute atomic E-state index is 14.1. The van der Waals surface area contributed by atoms with Crippen molar-refractivity contribution in [2.45, 2.75) is 31.8 Å². The van der Waals surface area contributed by atoms with Gasteiger partial charge >= 0.3 is 5.69 Å². The summed E-state index contributed by atoms with van der Waals surface area (Å²) in [6, 6.07) is 4.99. The van der Waals surface area contributed by atoms with E-state index < -0.39 is 16.4 Å². The molecule has 3 rings (SSSR count). The first-order chi connectivity index (χ1) is 10.1. The fourth-order valence-corrected chi connectivity index (χ4v) is 3.43. The van der Waals surface area contributed by atoms with E-state index in [4.69, 9.17) is 0 Å². The summed E-state index contributed by atoms with van der Waals surface area (Å²) < 4.78 is 14.1. The van der Waals surface area contributed by atoms with Gasteiger partial charge in [-0.25, -0.2) is 0 Å². The highest BCUT2D eigenvalue weighted by Gasteiger charge is 2.30. The zero-order valence-corrected chi connectivity index (χ0v) is 12.0. The topological polar surface area (TPSA) is 49.6 Å². The molecule has 2 fully saturated rings. The van der Waals surface area contributed by atoms with Crippen LogP contribution < -0.4 is 0 Å². The van der Waals surface area contributed by atoms with Crippen LogP contribution in [0.3, 0.4) is 0 Å². The Bertz CT molecular complexity index is 532. The van der Waals surface area contributed by atoms with E-state index >= 15 is 0 Å². The minimum Gasteiger partial charge on any atom is -0.299 e. The van der Waals surface area contributed by atoms with Crippen LogP contribution in [-0.2, 0) is 6.54 Å². The molecule has 1 atom stereocenters. The minimum atomic E-state index is -0.688. The molecule has 5 nitrogen and oxygen atoms in total. The molecule has 1 aromatic carbocycles. The molecule has 0 N–H and O–H groups in total. The molecule has 2 aliphatic rings. The molecule has 2 aliphatic heterocycles. The van der Waals surface area contributed by atoms with Crippen molar-refractivity contribution in [1.82, 2.24) is 9.80 Å². The second-order valence-electron chi connectivity index (χ2n) is 5.93. The maximum Gasteiger partial charge on any atom is 0.305 e. The highest BCUT2D eigenvalue weighted by Crippen LogP contribution is 2.25. The van der Waals surface area contributed by atoms with E-state index in [1.54, 1.807) is 12.1 Å². The highest BCUT2D eigenvalue weighted by atomic mass is 19.1. The van der Waals surface area contributed by atoms with Crippen LogP contribution >= 0.6 is 0 Å². The van der Waals surface area contributed by atoms with Gasteiger partial charge in [-0.15, -0.1) is 0 Å². The van der Waals surface area contributed by atoms with Crippen molar-refractivity contribution in [3.63, 3.8) is 0 Å².